The highest BCUT2D eigenvalue weighted by Gasteiger charge is 2.11. The molecule has 2 rings (SSSR count). The van der Waals surface area contributed by atoms with Crippen molar-refractivity contribution in [2.45, 2.75) is 12.8 Å². The molecule has 6 heteroatoms. The van der Waals surface area contributed by atoms with Crippen LogP contribution in [0.25, 0.3) is 11.5 Å². The lowest BCUT2D eigenvalue weighted by atomic mass is 10.2. The van der Waals surface area contributed by atoms with Gasteiger partial charge in [0.1, 0.15) is 0 Å². The number of ether oxygens (including phenoxy) is 2. The zero-order chi connectivity index (χ0) is 13.7. The number of nitrogens with zero attached hydrogens (tertiary/aromatic N) is 3. The fraction of sp³-hybridized carbons (Fsp3) is 0.308. The minimum atomic E-state index is 0.355. The molecule has 0 bridgehead atoms. The normalized spacial score (nSPS) is 9.95. The highest BCUT2D eigenvalue weighted by molar-refractivity contribution is 5.59. The summed E-state index contributed by atoms with van der Waals surface area (Å²) in [6.45, 7) is 0. The minimum absolute atomic E-state index is 0.355. The van der Waals surface area contributed by atoms with Gasteiger partial charge in [-0.2, -0.15) is 5.26 Å². The van der Waals surface area contributed by atoms with Crippen molar-refractivity contribution in [2.75, 3.05) is 14.2 Å². The van der Waals surface area contributed by atoms with Crippen molar-refractivity contribution in [3.63, 3.8) is 0 Å². The Morgan fingerprint density at radius 2 is 2.00 bits per heavy atom. The third-order valence-electron chi connectivity index (χ3n) is 2.55. The predicted octanol–water partition coefficient (Wildman–Crippen LogP) is 2.21. The molecule has 0 fully saturated rings. The molecule has 0 saturated carbocycles. The monoisotopic (exact) mass is 259 g/mol. The molecule has 98 valence electrons. The van der Waals surface area contributed by atoms with Crippen LogP contribution < -0.4 is 9.47 Å². The maximum Gasteiger partial charge on any atom is 0.247 e. The van der Waals surface area contributed by atoms with Crippen LogP contribution in [0.2, 0.25) is 0 Å². The molecule has 0 N–H and O–H groups in total. The Morgan fingerprint density at radius 1 is 1.21 bits per heavy atom. The van der Waals surface area contributed by atoms with E-state index in [9.17, 15) is 0 Å². The van der Waals surface area contributed by atoms with E-state index in [1.165, 1.54) is 0 Å². The standard InChI is InChI=1S/C13H13N3O3/c1-17-10-6-5-9(8-11(10)18-2)13-16-15-12(19-13)4-3-7-14/h5-6,8H,3-4H2,1-2H3. The summed E-state index contributed by atoms with van der Waals surface area (Å²) in [7, 11) is 3.14. The zero-order valence-electron chi connectivity index (χ0n) is 10.7. The van der Waals surface area contributed by atoms with E-state index in [0.717, 1.165) is 5.56 Å². The summed E-state index contributed by atoms with van der Waals surface area (Å²) in [4.78, 5) is 0. The van der Waals surface area contributed by atoms with Crippen LogP contribution in [0.4, 0.5) is 0 Å². The largest absolute Gasteiger partial charge is 0.493 e. The number of hydrogen-bond donors (Lipinski definition) is 0. The van der Waals surface area contributed by atoms with Gasteiger partial charge in [-0.3, -0.25) is 0 Å². The highest BCUT2D eigenvalue weighted by atomic mass is 16.5. The Kier molecular flexibility index (Phi) is 3.98. The lowest BCUT2D eigenvalue weighted by Crippen LogP contribution is -1.90. The molecule has 0 unspecified atom stereocenters. The van der Waals surface area contributed by atoms with Crippen molar-refractivity contribution in [3.05, 3.63) is 24.1 Å². The molecule has 1 aromatic carbocycles. The van der Waals surface area contributed by atoms with E-state index in [1.54, 1.807) is 26.4 Å². The molecule has 1 aromatic heterocycles. The molecule has 0 aliphatic carbocycles. The number of methoxy groups -OCH3 is 2. The van der Waals surface area contributed by atoms with Crippen LogP contribution in [0, 0.1) is 11.3 Å². The molecular formula is C13H13N3O3. The maximum absolute atomic E-state index is 8.51. The second kappa shape index (κ2) is 5.87. The van der Waals surface area contributed by atoms with Gasteiger partial charge in [0.2, 0.25) is 11.8 Å². The Hall–Kier alpha value is -2.55. The van der Waals surface area contributed by atoms with Crippen LogP contribution in [0.5, 0.6) is 11.5 Å². The number of aromatic nitrogens is 2. The Morgan fingerprint density at radius 3 is 2.68 bits per heavy atom. The third kappa shape index (κ3) is 2.83. The third-order valence-corrected chi connectivity index (χ3v) is 2.55. The lowest BCUT2D eigenvalue weighted by molar-refractivity contribution is 0.355. The van der Waals surface area contributed by atoms with E-state index < -0.39 is 0 Å². The van der Waals surface area contributed by atoms with Gasteiger partial charge in [-0.05, 0) is 18.2 Å². The Balaban J connectivity index is 2.26. The van der Waals surface area contributed by atoms with Crippen LogP contribution in [0.15, 0.2) is 22.6 Å². The molecule has 0 radical (unpaired) electrons. The lowest BCUT2D eigenvalue weighted by Gasteiger charge is -2.07. The fourth-order valence-corrected chi connectivity index (χ4v) is 1.60. The molecule has 0 saturated heterocycles. The predicted molar refractivity (Wildman–Crippen MR) is 66.8 cm³/mol. The van der Waals surface area contributed by atoms with Gasteiger partial charge in [0.15, 0.2) is 11.5 Å². The van der Waals surface area contributed by atoms with Crippen LogP contribution in [-0.2, 0) is 6.42 Å². The Labute approximate surface area is 110 Å². The second-order valence-corrected chi connectivity index (χ2v) is 3.73. The van der Waals surface area contributed by atoms with Crippen molar-refractivity contribution in [3.8, 4) is 29.0 Å². The first-order chi connectivity index (χ1) is 9.28. The zero-order valence-corrected chi connectivity index (χ0v) is 10.7. The van der Waals surface area contributed by atoms with Crippen molar-refractivity contribution in [1.29, 1.82) is 5.26 Å². The molecule has 0 atom stereocenters. The number of nitriles is 1. The van der Waals surface area contributed by atoms with Crippen molar-refractivity contribution >= 4 is 0 Å². The molecule has 0 aliphatic rings. The van der Waals surface area contributed by atoms with Gasteiger partial charge in [0.25, 0.3) is 0 Å². The van der Waals surface area contributed by atoms with Crippen molar-refractivity contribution < 1.29 is 13.9 Å². The van der Waals surface area contributed by atoms with Gasteiger partial charge >= 0.3 is 0 Å². The van der Waals surface area contributed by atoms with E-state index in [2.05, 4.69) is 10.2 Å². The Bertz CT molecular complexity index is 601. The van der Waals surface area contributed by atoms with E-state index >= 15 is 0 Å². The number of rotatable bonds is 5. The summed E-state index contributed by atoms with van der Waals surface area (Å²) in [5.41, 5.74) is 0.744. The molecule has 2 aromatic rings. The second-order valence-electron chi connectivity index (χ2n) is 3.73. The fourth-order valence-electron chi connectivity index (χ4n) is 1.60. The van der Waals surface area contributed by atoms with Crippen LogP contribution in [0.3, 0.4) is 0 Å². The number of aryl methyl sites for hydroxylation is 1. The highest BCUT2D eigenvalue weighted by Crippen LogP contribution is 2.31. The first-order valence-electron chi connectivity index (χ1n) is 5.70. The number of benzene rings is 1. The van der Waals surface area contributed by atoms with Gasteiger partial charge in [-0.25, -0.2) is 0 Å². The molecule has 19 heavy (non-hydrogen) atoms. The van der Waals surface area contributed by atoms with Gasteiger partial charge in [0, 0.05) is 18.4 Å². The smallest absolute Gasteiger partial charge is 0.247 e. The minimum Gasteiger partial charge on any atom is -0.493 e. The first-order valence-corrected chi connectivity index (χ1v) is 5.70. The van der Waals surface area contributed by atoms with E-state index in [0.29, 0.717) is 36.1 Å². The maximum atomic E-state index is 8.51. The summed E-state index contributed by atoms with van der Waals surface area (Å²) < 4.78 is 15.8. The summed E-state index contributed by atoms with van der Waals surface area (Å²) in [6.07, 6.45) is 0.810. The van der Waals surface area contributed by atoms with Crippen LogP contribution in [0.1, 0.15) is 12.3 Å². The average molecular weight is 259 g/mol. The number of hydrogen-bond acceptors (Lipinski definition) is 6. The quantitative estimate of drug-likeness (QED) is 0.818. The van der Waals surface area contributed by atoms with Gasteiger partial charge < -0.3 is 13.9 Å². The van der Waals surface area contributed by atoms with Gasteiger partial charge in [-0.15, -0.1) is 10.2 Å². The molecule has 6 nitrogen and oxygen atoms in total. The van der Waals surface area contributed by atoms with E-state index in [4.69, 9.17) is 19.2 Å². The topological polar surface area (TPSA) is 81.2 Å². The van der Waals surface area contributed by atoms with Crippen molar-refractivity contribution in [1.82, 2.24) is 10.2 Å². The van der Waals surface area contributed by atoms with Crippen molar-refractivity contribution in [2.24, 2.45) is 0 Å². The van der Waals surface area contributed by atoms with E-state index in [1.807, 2.05) is 12.1 Å². The first kappa shape index (κ1) is 12.9. The summed E-state index contributed by atoms with van der Waals surface area (Å²) in [6, 6.07) is 7.38. The summed E-state index contributed by atoms with van der Waals surface area (Å²) >= 11 is 0. The molecule has 0 aliphatic heterocycles. The van der Waals surface area contributed by atoms with Crippen LogP contribution >= 0.6 is 0 Å². The summed E-state index contributed by atoms with van der Waals surface area (Å²) in [5.74, 6) is 2.08. The summed E-state index contributed by atoms with van der Waals surface area (Å²) in [5, 5.41) is 16.3. The molecular weight excluding hydrogens is 246 g/mol. The SMILES string of the molecule is COc1ccc(-c2nnc(CCC#N)o2)cc1OC. The molecule has 1 heterocycles. The van der Waals surface area contributed by atoms with Gasteiger partial charge in [-0.1, -0.05) is 0 Å². The van der Waals surface area contributed by atoms with Crippen LogP contribution in [-0.4, -0.2) is 24.4 Å². The van der Waals surface area contributed by atoms with E-state index in [-0.39, 0.29) is 0 Å². The molecule has 0 spiro atoms. The average Bonchev–Trinajstić information content (AvgIpc) is 2.93. The van der Waals surface area contributed by atoms with Gasteiger partial charge in [0.05, 0.1) is 20.3 Å². The molecule has 0 amide bonds.